The summed E-state index contributed by atoms with van der Waals surface area (Å²) in [5.41, 5.74) is 0. The van der Waals surface area contributed by atoms with E-state index in [9.17, 15) is 0 Å². The van der Waals surface area contributed by atoms with Gasteiger partial charge in [0.05, 0.1) is 0 Å². The summed E-state index contributed by atoms with van der Waals surface area (Å²) in [6.07, 6.45) is 14.9. The van der Waals surface area contributed by atoms with E-state index >= 15 is 0 Å². The van der Waals surface area contributed by atoms with E-state index in [0.717, 1.165) is 6.42 Å². The lowest BCUT2D eigenvalue weighted by Crippen LogP contribution is -1.75. The first-order valence-corrected chi connectivity index (χ1v) is 5.36. The highest BCUT2D eigenvalue weighted by Crippen LogP contribution is 2.05. The minimum absolute atomic E-state index is 1.10. The molecule has 0 bridgehead atoms. The van der Waals surface area contributed by atoms with Gasteiger partial charge in [0.1, 0.15) is 0 Å². The zero-order valence-corrected chi connectivity index (χ0v) is 8.52. The Hall–Kier alpha value is -0.260. The molecule has 0 amide bonds. The molecule has 0 rings (SSSR count). The van der Waals surface area contributed by atoms with E-state index in [1.165, 1.54) is 44.9 Å². The Kier molecular flexibility index (Phi) is 10.5. The summed E-state index contributed by atoms with van der Waals surface area (Å²) in [6.45, 7) is 6.05. The fourth-order valence-corrected chi connectivity index (χ4v) is 1.19. The van der Waals surface area contributed by atoms with Crippen LogP contribution in [0, 0.1) is 6.92 Å². The number of hydrogen-bond donors (Lipinski definition) is 0. The number of rotatable bonds is 8. The van der Waals surface area contributed by atoms with Crippen LogP contribution in [0.1, 0.15) is 58.3 Å². The van der Waals surface area contributed by atoms with E-state index in [4.69, 9.17) is 0 Å². The van der Waals surface area contributed by atoms with Crippen LogP contribution >= 0.6 is 0 Å². The first kappa shape index (κ1) is 11.7. The summed E-state index contributed by atoms with van der Waals surface area (Å²) in [5, 5.41) is 0. The van der Waals surface area contributed by atoms with Gasteiger partial charge in [-0.25, -0.2) is 0 Å². The van der Waals surface area contributed by atoms with Gasteiger partial charge in [0.15, 0.2) is 0 Å². The Morgan fingerprint density at radius 1 is 0.917 bits per heavy atom. The van der Waals surface area contributed by atoms with Gasteiger partial charge in [0.2, 0.25) is 0 Å². The van der Waals surface area contributed by atoms with Crippen LogP contribution in [0.4, 0.5) is 0 Å². The van der Waals surface area contributed by atoms with Crippen molar-refractivity contribution in [1.29, 1.82) is 0 Å². The van der Waals surface area contributed by atoms with Crippen LogP contribution in [-0.4, -0.2) is 0 Å². The molecule has 0 saturated heterocycles. The van der Waals surface area contributed by atoms with E-state index < -0.39 is 0 Å². The van der Waals surface area contributed by atoms with Crippen molar-refractivity contribution in [1.82, 2.24) is 0 Å². The second-order valence-electron chi connectivity index (χ2n) is 3.32. The maximum absolute atomic E-state index is 3.83. The topological polar surface area (TPSA) is 0 Å². The fourth-order valence-electron chi connectivity index (χ4n) is 1.19. The van der Waals surface area contributed by atoms with E-state index in [2.05, 4.69) is 26.0 Å². The molecule has 0 N–H and O–H groups in total. The average molecular weight is 167 g/mol. The van der Waals surface area contributed by atoms with Crippen molar-refractivity contribution in [3.63, 3.8) is 0 Å². The normalized spacial score (nSPS) is 11.2. The summed E-state index contributed by atoms with van der Waals surface area (Å²) >= 11 is 0. The third-order valence-electron chi connectivity index (χ3n) is 1.99. The highest BCUT2D eigenvalue weighted by atomic mass is 13.9. The van der Waals surface area contributed by atoms with E-state index in [1.54, 1.807) is 0 Å². The molecule has 71 valence electrons. The van der Waals surface area contributed by atoms with Crippen molar-refractivity contribution in [2.45, 2.75) is 58.3 Å². The van der Waals surface area contributed by atoms with Gasteiger partial charge in [-0.05, 0) is 19.3 Å². The molecule has 0 aliphatic rings. The molecule has 0 aromatic heterocycles. The van der Waals surface area contributed by atoms with Crippen molar-refractivity contribution in [2.24, 2.45) is 0 Å². The molecule has 0 atom stereocenters. The zero-order chi connectivity index (χ0) is 9.07. The van der Waals surface area contributed by atoms with Gasteiger partial charge in [0.25, 0.3) is 0 Å². The second-order valence-corrected chi connectivity index (χ2v) is 3.32. The zero-order valence-electron chi connectivity index (χ0n) is 8.52. The fraction of sp³-hybridized carbons (Fsp3) is 0.750. The van der Waals surface area contributed by atoms with Gasteiger partial charge in [-0.2, -0.15) is 0 Å². The summed E-state index contributed by atoms with van der Waals surface area (Å²) in [6, 6.07) is 0. The molecule has 0 nitrogen and oxygen atoms in total. The predicted molar refractivity (Wildman–Crippen MR) is 57.1 cm³/mol. The smallest absolute Gasteiger partial charge is 0.0351 e. The lowest BCUT2D eigenvalue weighted by atomic mass is 10.1. The summed E-state index contributed by atoms with van der Waals surface area (Å²) < 4.78 is 0. The molecule has 0 aliphatic heterocycles. The third kappa shape index (κ3) is 9.74. The summed E-state index contributed by atoms with van der Waals surface area (Å²) in [5.74, 6) is 0. The molecule has 1 radical (unpaired) electrons. The highest BCUT2D eigenvalue weighted by molar-refractivity contribution is 4.80. The van der Waals surface area contributed by atoms with E-state index in [0.29, 0.717) is 0 Å². The maximum Gasteiger partial charge on any atom is -0.0351 e. The minimum Gasteiger partial charge on any atom is -0.0885 e. The van der Waals surface area contributed by atoms with Gasteiger partial charge in [-0.1, -0.05) is 58.1 Å². The Morgan fingerprint density at radius 3 is 2.25 bits per heavy atom. The van der Waals surface area contributed by atoms with Crippen molar-refractivity contribution in [3.05, 3.63) is 19.1 Å². The molecular formula is C12H23. The van der Waals surface area contributed by atoms with Crippen molar-refractivity contribution >= 4 is 0 Å². The van der Waals surface area contributed by atoms with Crippen molar-refractivity contribution in [2.75, 3.05) is 0 Å². The van der Waals surface area contributed by atoms with Crippen LogP contribution in [0.5, 0.6) is 0 Å². The van der Waals surface area contributed by atoms with E-state index in [-0.39, 0.29) is 0 Å². The third-order valence-corrected chi connectivity index (χ3v) is 1.99. The summed E-state index contributed by atoms with van der Waals surface area (Å²) in [4.78, 5) is 0. The first-order chi connectivity index (χ1) is 5.91. The van der Waals surface area contributed by atoms with Crippen molar-refractivity contribution < 1.29 is 0 Å². The second kappa shape index (κ2) is 10.7. The number of hydrogen-bond acceptors (Lipinski definition) is 0. The van der Waals surface area contributed by atoms with Crippen molar-refractivity contribution in [3.8, 4) is 0 Å². The Balaban J connectivity index is 2.90. The molecule has 0 unspecified atom stereocenters. The summed E-state index contributed by atoms with van der Waals surface area (Å²) in [7, 11) is 0. The maximum atomic E-state index is 3.83. The largest absolute Gasteiger partial charge is 0.0885 e. The molecule has 0 heterocycles. The van der Waals surface area contributed by atoms with Crippen LogP contribution < -0.4 is 0 Å². The Morgan fingerprint density at radius 2 is 1.58 bits per heavy atom. The molecule has 12 heavy (non-hydrogen) atoms. The van der Waals surface area contributed by atoms with Gasteiger partial charge < -0.3 is 0 Å². The SMILES string of the molecule is [CH2]CCCCCC/C=C\CCC. The Bertz CT molecular complexity index is 92.2. The lowest BCUT2D eigenvalue weighted by Gasteiger charge is -1.95. The van der Waals surface area contributed by atoms with Gasteiger partial charge in [-0.3, -0.25) is 0 Å². The first-order valence-electron chi connectivity index (χ1n) is 5.36. The minimum atomic E-state index is 1.10. The predicted octanol–water partition coefficient (Wildman–Crippen LogP) is 4.52. The van der Waals surface area contributed by atoms with Gasteiger partial charge in [-0.15, -0.1) is 0 Å². The van der Waals surface area contributed by atoms with Crippen LogP contribution in [0.15, 0.2) is 12.2 Å². The molecular weight excluding hydrogens is 144 g/mol. The molecule has 0 heteroatoms. The highest BCUT2D eigenvalue weighted by Gasteiger charge is 1.85. The monoisotopic (exact) mass is 167 g/mol. The number of unbranched alkanes of at least 4 members (excludes halogenated alkanes) is 6. The van der Waals surface area contributed by atoms with Crippen LogP contribution in [0.2, 0.25) is 0 Å². The van der Waals surface area contributed by atoms with Crippen LogP contribution in [0.25, 0.3) is 0 Å². The van der Waals surface area contributed by atoms with Gasteiger partial charge in [0, 0.05) is 0 Å². The molecule has 0 saturated carbocycles. The van der Waals surface area contributed by atoms with Gasteiger partial charge >= 0.3 is 0 Å². The molecule has 0 aromatic carbocycles. The molecule has 0 fully saturated rings. The lowest BCUT2D eigenvalue weighted by molar-refractivity contribution is 0.651. The standard InChI is InChI=1S/C12H23/c1-3-5-7-9-11-12-10-8-6-4-2/h8,10H,1,3-7,9,11-12H2,2H3/b10-8-. The molecule has 0 spiro atoms. The quantitative estimate of drug-likeness (QED) is 0.368. The molecule has 0 aliphatic carbocycles. The number of allylic oxidation sites excluding steroid dienone is 2. The van der Waals surface area contributed by atoms with Crippen LogP contribution in [-0.2, 0) is 0 Å². The average Bonchev–Trinajstić information content (AvgIpc) is 2.10. The Labute approximate surface area is 78.1 Å². The molecule has 0 aromatic rings. The van der Waals surface area contributed by atoms with E-state index in [1.807, 2.05) is 0 Å². The van der Waals surface area contributed by atoms with Crippen LogP contribution in [0.3, 0.4) is 0 Å².